The summed E-state index contributed by atoms with van der Waals surface area (Å²) in [5, 5.41) is 3.22. The normalized spacial score (nSPS) is 15.6. The van der Waals surface area contributed by atoms with Gasteiger partial charge in [-0.1, -0.05) is 125 Å². The Morgan fingerprint density at radius 3 is 1.75 bits per heavy atom. The fourth-order valence-electron chi connectivity index (χ4n) is 3.90. The minimum Gasteiger partial charge on any atom is -0.638 e. The number of benzene rings is 3. The number of carbonyl (C=O) groups is 1. The summed E-state index contributed by atoms with van der Waals surface area (Å²) in [6, 6.07) is 28.6. The second kappa shape index (κ2) is 9.03. The number of alkyl halides is 3. The molecule has 0 amide bonds. The molecule has 1 aliphatic heterocycles. The van der Waals surface area contributed by atoms with E-state index < -0.39 is 10.3 Å². The van der Waals surface area contributed by atoms with E-state index in [0.29, 0.717) is 0 Å². The van der Waals surface area contributed by atoms with Crippen LogP contribution in [-0.2, 0) is 9.45 Å². The summed E-state index contributed by atoms with van der Waals surface area (Å²) in [6.45, 7) is -0.729. The van der Waals surface area contributed by atoms with E-state index in [4.69, 9.17) is 39.5 Å². The molecule has 0 fully saturated rings. The van der Waals surface area contributed by atoms with E-state index in [2.05, 4.69) is 10.2 Å². The van der Waals surface area contributed by atoms with Crippen LogP contribution >= 0.6 is 34.8 Å². The summed E-state index contributed by atoms with van der Waals surface area (Å²) in [4.78, 5) is 16.1. The second-order valence-electron chi connectivity index (χ2n) is 7.49. The molecular formula is C24H20BCl3N2O2. The van der Waals surface area contributed by atoms with Crippen LogP contribution in [0.2, 0.25) is 0 Å². The van der Waals surface area contributed by atoms with Gasteiger partial charge in [0.05, 0.1) is 0 Å². The zero-order valence-corrected chi connectivity index (χ0v) is 19.5. The van der Waals surface area contributed by atoms with Gasteiger partial charge in [0.25, 0.3) is 3.79 Å². The van der Waals surface area contributed by atoms with Crippen molar-refractivity contribution in [2.45, 2.75) is 10.7 Å². The Labute approximate surface area is 201 Å². The molecule has 0 atom stereocenters. The zero-order valence-electron chi connectivity index (χ0n) is 17.2. The Hall–Kier alpha value is -2.73. The summed E-state index contributed by atoms with van der Waals surface area (Å²) in [6.07, 6.45) is 0. The maximum atomic E-state index is 12.7. The molecule has 0 aromatic heterocycles. The predicted molar refractivity (Wildman–Crippen MR) is 133 cm³/mol. The number of carbonyl (C=O) groups excluding carboxylic acids is 1. The van der Waals surface area contributed by atoms with E-state index in [-0.39, 0.29) is 23.0 Å². The van der Waals surface area contributed by atoms with Crippen molar-refractivity contribution in [3.05, 3.63) is 102 Å². The Balaban J connectivity index is 2.00. The molecule has 1 aliphatic rings. The molecule has 162 valence electrons. The standard InChI is InChI=1S/C24H20BCl3N2O2/c1-17(31)21-22(24(26,27)28)30-25(18-11-5-2-6-12-18,19-13-7-3-8-14-19)32-23(21)29-20-15-9-4-10-16-20/h2-16,29-30H,1H3. The Kier molecular flexibility index (Phi) is 6.34. The third-order valence-electron chi connectivity index (χ3n) is 5.32. The minimum atomic E-state index is -2.14. The number of rotatable bonds is 5. The first-order valence-electron chi connectivity index (χ1n) is 10.1. The SMILES string of the molecule is CC(=O)C1=C(Nc2ccccc2)O[B-](c2ccccc2)(c2ccccc2)[NH+]=C1C(Cl)(Cl)Cl. The third kappa shape index (κ3) is 4.42. The number of nitrogens with one attached hydrogen (secondary N) is 2. The van der Waals surface area contributed by atoms with Gasteiger partial charge < -0.3 is 14.9 Å². The predicted octanol–water partition coefficient (Wildman–Crippen LogP) is 3.08. The topological polar surface area (TPSA) is 52.3 Å². The number of halogens is 3. The summed E-state index contributed by atoms with van der Waals surface area (Å²) >= 11 is 19.2. The highest BCUT2D eigenvalue weighted by Crippen LogP contribution is 2.32. The molecule has 4 nitrogen and oxygen atoms in total. The van der Waals surface area contributed by atoms with Crippen LogP contribution in [0.1, 0.15) is 6.92 Å². The molecule has 0 saturated carbocycles. The van der Waals surface area contributed by atoms with Crippen LogP contribution in [0.4, 0.5) is 5.69 Å². The third-order valence-corrected chi connectivity index (χ3v) is 5.89. The summed E-state index contributed by atoms with van der Waals surface area (Å²) in [7, 11) is 0. The molecule has 4 rings (SSSR count). The van der Waals surface area contributed by atoms with E-state index in [1.165, 1.54) is 6.92 Å². The number of hydrogen-bond acceptors (Lipinski definition) is 3. The van der Waals surface area contributed by atoms with Crippen LogP contribution in [0.5, 0.6) is 0 Å². The first-order valence-corrected chi connectivity index (χ1v) is 11.2. The van der Waals surface area contributed by atoms with Crippen molar-refractivity contribution in [3.8, 4) is 0 Å². The quantitative estimate of drug-likeness (QED) is 0.432. The number of hydrogen-bond donors (Lipinski definition) is 2. The molecule has 2 N–H and O–H groups in total. The van der Waals surface area contributed by atoms with Crippen molar-refractivity contribution in [2.75, 3.05) is 5.32 Å². The average Bonchev–Trinajstić information content (AvgIpc) is 2.79. The Morgan fingerprint density at radius 2 is 1.31 bits per heavy atom. The molecule has 8 heteroatoms. The Bertz CT molecular complexity index is 1140. The smallest absolute Gasteiger partial charge is 0.507 e. The van der Waals surface area contributed by atoms with Crippen molar-refractivity contribution >= 4 is 69.4 Å². The molecule has 0 spiro atoms. The van der Waals surface area contributed by atoms with Crippen LogP contribution in [-0.4, -0.2) is 21.8 Å². The molecule has 0 unspecified atom stereocenters. The molecule has 0 aliphatic carbocycles. The van der Waals surface area contributed by atoms with Crippen molar-refractivity contribution in [1.29, 1.82) is 0 Å². The zero-order chi connectivity index (χ0) is 22.8. The summed E-state index contributed by atoms with van der Waals surface area (Å²) in [5.74, 6) is -0.0840. The van der Waals surface area contributed by atoms with Crippen LogP contribution in [0.25, 0.3) is 0 Å². The van der Waals surface area contributed by atoms with Crippen LogP contribution in [0.15, 0.2) is 102 Å². The number of para-hydroxylation sites is 1. The highest BCUT2D eigenvalue weighted by atomic mass is 35.6. The number of allylic oxidation sites excluding steroid dienone is 1. The number of ketones is 1. The van der Waals surface area contributed by atoms with Crippen LogP contribution in [0.3, 0.4) is 0 Å². The highest BCUT2D eigenvalue weighted by Gasteiger charge is 2.51. The van der Waals surface area contributed by atoms with Crippen molar-refractivity contribution in [2.24, 2.45) is 0 Å². The van der Waals surface area contributed by atoms with Gasteiger partial charge in [0, 0.05) is 5.69 Å². The maximum absolute atomic E-state index is 12.7. The molecule has 3 aromatic carbocycles. The van der Waals surface area contributed by atoms with Gasteiger partial charge >= 0.3 is 6.48 Å². The fourth-order valence-corrected chi connectivity index (χ4v) is 4.35. The van der Waals surface area contributed by atoms with Gasteiger partial charge in [-0.05, 0) is 19.1 Å². The number of anilines is 1. The van der Waals surface area contributed by atoms with E-state index >= 15 is 0 Å². The average molecular weight is 486 g/mol. The molecule has 32 heavy (non-hydrogen) atoms. The summed E-state index contributed by atoms with van der Waals surface area (Å²) in [5.41, 5.74) is 2.71. The molecule has 0 saturated heterocycles. The monoisotopic (exact) mass is 484 g/mol. The minimum absolute atomic E-state index is 0.151. The second-order valence-corrected chi connectivity index (χ2v) is 9.78. The van der Waals surface area contributed by atoms with Gasteiger partial charge in [0.15, 0.2) is 17.4 Å². The van der Waals surface area contributed by atoms with Crippen molar-refractivity contribution in [3.63, 3.8) is 0 Å². The first-order chi connectivity index (χ1) is 15.3. The van der Waals surface area contributed by atoms with Gasteiger partial charge in [0.2, 0.25) is 0 Å². The maximum Gasteiger partial charge on any atom is 0.507 e. The molecular weight excluding hydrogens is 465 g/mol. The molecule has 3 aromatic rings. The van der Waals surface area contributed by atoms with E-state index in [0.717, 1.165) is 16.6 Å². The fraction of sp³-hybridized carbons (Fsp3) is 0.0833. The van der Waals surface area contributed by atoms with Crippen LogP contribution in [0, 0.1) is 0 Å². The van der Waals surface area contributed by atoms with Gasteiger partial charge in [-0.25, -0.2) is 0 Å². The van der Waals surface area contributed by atoms with Gasteiger partial charge in [-0.3, -0.25) is 4.79 Å². The van der Waals surface area contributed by atoms with Crippen molar-refractivity contribution in [1.82, 2.24) is 0 Å². The van der Waals surface area contributed by atoms with Gasteiger partial charge in [-0.15, -0.1) is 0 Å². The molecule has 0 bridgehead atoms. The van der Waals surface area contributed by atoms with Gasteiger partial charge in [-0.2, -0.15) is 0 Å². The lowest BCUT2D eigenvalue weighted by molar-refractivity contribution is -0.324. The van der Waals surface area contributed by atoms with Crippen molar-refractivity contribution < 1.29 is 14.4 Å². The lowest BCUT2D eigenvalue weighted by Gasteiger charge is -2.39. The molecule has 1 heterocycles. The van der Waals surface area contributed by atoms with E-state index in [1.54, 1.807) is 0 Å². The highest BCUT2D eigenvalue weighted by molar-refractivity contribution is 6.92. The summed E-state index contributed by atoms with van der Waals surface area (Å²) < 4.78 is 4.75. The van der Waals surface area contributed by atoms with E-state index in [9.17, 15) is 4.79 Å². The lowest BCUT2D eigenvalue weighted by atomic mass is 9.42. The van der Waals surface area contributed by atoms with Gasteiger partial charge in [0.1, 0.15) is 5.57 Å². The Morgan fingerprint density at radius 1 is 0.844 bits per heavy atom. The van der Waals surface area contributed by atoms with E-state index in [1.807, 2.05) is 91.0 Å². The first kappa shape index (κ1) is 22.5. The number of Topliss-reactive ketones (excluding diaryl/α,β-unsaturated/α-hetero) is 1. The molecule has 0 radical (unpaired) electrons. The van der Waals surface area contributed by atoms with Crippen LogP contribution < -0.4 is 21.1 Å². The largest absolute Gasteiger partial charge is 0.638 e. The lowest BCUT2D eigenvalue weighted by Crippen LogP contribution is -3.03.